The highest BCUT2D eigenvalue weighted by molar-refractivity contribution is 7.89. The number of rotatable bonds is 9. The van der Waals surface area contributed by atoms with E-state index in [9.17, 15) is 16.8 Å². The quantitative estimate of drug-likeness (QED) is 0.418. The summed E-state index contributed by atoms with van der Waals surface area (Å²) in [5.74, 6) is 1.03. The molecule has 0 saturated carbocycles. The molecule has 0 spiro atoms. The van der Waals surface area contributed by atoms with Gasteiger partial charge in [0.1, 0.15) is 11.4 Å². The Morgan fingerprint density at radius 3 is 2.28 bits per heavy atom. The van der Waals surface area contributed by atoms with Gasteiger partial charge in [0, 0.05) is 6.04 Å². The lowest BCUT2D eigenvalue weighted by Gasteiger charge is -2.35. The third-order valence-electron chi connectivity index (χ3n) is 5.71. The molecule has 0 amide bonds. The topological polar surface area (TPSA) is 98.8 Å². The zero-order chi connectivity index (χ0) is 24.5. The molecule has 182 valence electrons. The Labute approximate surface area is 193 Å². The summed E-state index contributed by atoms with van der Waals surface area (Å²) in [6.07, 6.45) is 6.30. The van der Waals surface area contributed by atoms with E-state index < -0.39 is 26.2 Å². The summed E-state index contributed by atoms with van der Waals surface area (Å²) in [7, 11) is -7.39. The molecule has 1 aromatic rings. The highest BCUT2D eigenvalue weighted by atomic mass is 32.2. The highest BCUT2D eigenvalue weighted by Crippen LogP contribution is 2.42. The van der Waals surface area contributed by atoms with Crippen LogP contribution in [0.4, 0.5) is 0 Å². The van der Waals surface area contributed by atoms with Crippen LogP contribution in [0.1, 0.15) is 62.8 Å². The average Bonchev–Trinajstić information content (AvgIpc) is 2.60. The summed E-state index contributed by atoms with van der Waals surface area (Å²) in [4.78, 5) is 0.298. The second-order valence-electron chi connectivity index (χ2n) is 9.65. The van der Waals surface area contributed by atoms with Gasteiger partial charge in [-0.2, -0.15) is 8.42 Å². The molecule has 0 bridgehead atoms. The maximum absolute atomic E-state index is 13.5. The zero-order valence-corrected chi connectivity index (χ0v) is 22.0. The summed E-state index contributed by atoms with van der Waals surface area (Å²) >= 11 is 0. The van der Waals surface area contributed by atoms with Crippen molar-refractivity contribution in [2.24, 2.45) is 5.92 Å². The van der Waals surface area contributed by atoms with E-state index in [1.807, 2.05) is 48.5 Å². The molecule has 0 aromatic heterocycles. The molecule has 32 heavy (non-hydrogen) atoms. The van der Waals surface area contributed by atoms with Crippen LogP contribution in [0.2, 0.25) is 0 Å². The van der Waals surface area contributed by atoms with Gasteiger partial charge in [0.2, 0.25) is 10.0 Å². The number of hydrogen-bond acceptors (Lipinski definition) is 6. The van der Waals surface area contributed by atoms with Crippen LogP contribution in [0.3, 0.4) is 0 Å². The Kier molecular flexibility index (Phi) is 8.24. The van der Waals surface area contributed by atoms with Gasteiger partial charge in [0.05, 0.1) is 17.8 Å². The SMILES string of the molecule is Cc1c(C)c(S(=O)(=O)NC(/C=C/COS(C)(=O)=O)CC(C)C)c(C)c2c1OC(C)(C)CC2. The lowest BCUT2D eigenvalue weighted by molar-refractivity contribution is 0.0832. The van der Waals surface area contributed by atoms with Crippen LogP contribution in [0.15, 0.2) is 17.0 Å². The summed E-state index contributed by atoms with van der Waals surface area (Å²) < 4.78 is 63.1. The van der Waals surface area contributed by atoms with E-state index in [1.54, 1.807) is 6.08 Å². The number of ether oxygens (including phenoxy) is 1. The van der Waals surface area contributed by atoms with Gasteiger partial charge in [-0.3, -0.25) is 4.18 Å². The van der Waals surface area contributed by atoms with Crippen molar-refractivity contribution in [2.45, 2.75) is 84.3 Å². The first-order chi connectivity index (χ1) is 14.5. The van der Waals surface area contributed by atoms with E-state index >= 15 is 0 Å². The van der Waals surface area contributed by atoms with Crippen molar-refractivity contribution >= 4 is 20.1 Å². The molecule has 1 aromatic carbocycles. The molecule has 0 fully saturated rings. The minimum Gasteiger partial charge on any atom is -0.487 e. The standard InChI is InChI=1S/C23H37NO6S2/c1-15(2)14-19(10-9-13-29-31(8,25)26)24-32(27,28)22-17(4)16(3)21-20(18(22)5)11-12-23(6,7)30-21/h9-10,15,19,24H,11-14H2,1-8H3/b10-9+. The third-order valence-corrected chi connectivity index (χ3v) is 8.04. The monoisotopic (exact) mass is 487 g/mol. The van der Waals surface area contributed by atoms with E-state index in [4.69, 9.17) is 8.92 Å². The van der Waals surface area contributed by atoms with Gasteiger partial charge in [-0.15, -0.1) is 0 Å². The van der Waals surface area contributed by atoms with Crippen molar-refractivity contribution in [3.05, 3.63) is 34.4 Å². The second-order valence-corrected chi connectivity index (χ2v) is 12.9. The molecule has 2 rings (SSSR count). The summed E-state index contributed by atoms with van der Waals surface area (Å²) in [5, 5.41) is 0. The van der Waals surface area contributed by atoms with Crippen molar-refractivity contribution < 1.29 is 25.8 Å². The zero-order valence-electron chi connectivity index (χ0n) is 20.4. The minimum absolute atomic E-state index is 0.141. The number of benzene rings is 1. The Balaban J connectivity index is 2.40. The molecule has 0 aliphatic carbocycles. The fourth-order valence-corrected chi connectivity index (χ4v) is 6.17. The molecule has 9 heteroatoms. The molecule has 0 saturated heterocycles. The van der Waals surface area contributed by atoms with Crippen LogP contribution in [0.5, 0.6) is 5.75 Å². The Morgan fingerprint density at radius 1 is 1.09 bits per heavy atom. The van der Waals surface area contributed by atoms with Gasteiger partial charge >= 0.3 is 0 Å². The first-order valence-corrected chi connectivity index (χ1v) is 14.2. The third kappa shape index (κ3) is 6.79. The molecule has 1 aliphatic heterocycles. The fourth-order valence-electron chi connectivity index (χ4n) is 4.07. The van der Waals surface area contributed by atoms with E-state index in [-0.39, 0.29) is 18.1 Å². The van der Waals surface area contributed by atoms with Crippen LogP contribution < -0.4 is 9.46 Å². The Hall–Kier alpha value is -1.42. The maximum atomic E-state index is 13.5. The molecular formula is C23H37NO6S2. The number of sulfonamides is 1. The lowest BCUT2D eigenvalue weighted by atomic mass is 9.88. The molecule has 1 N–H and O–H groups in total. The predicted octanol–water partition coefficient (Wildman–Crippen LogP) is 3.94. The Morgan fingerprint density at radius 2 is 1.72 bits per heavy atom. The summed E-state index contributed by atoms with van der Waals surface area (Å²) in [6, 6.07) is -0.492. The molecule has 1 unspecified atom stereocenters. The average molecular weight is 488 g/mol. The van der Waals surface area contributed by atoms with E-state index in [0.29, 0.717) is 16.9 Å². The van der Waals surface area contributed by atoms with E-state index in [2.05, 4.69) is 4.72 Å². The van der Waals surface area contributed by atoms with Crippen molar-refractivity contribution in [1.29, 1.82) is 0 Å². The maximum Gasteiger partial charge on any atom is 0.264 e. The van der Waals surface area contributed by atoms with Gasteiger partial charge in [-0.1, -0.05) is 26.0 Å². The Bertz CT molecular complexity index is 1090. The smallest absolute Gasteiger partial charge is 0.264 e. The number of nitrogens with one attached hydrogen (secondary N) is 1. The largest absolute Gasteiger partial charge is 0.487 e. The first kappa shape index (κ1) is 26.8. The van der Waals surface area contributed by atoms with Crippen molar-refractivity contribution in [3.8, 4) is 5.75 Å². The van der Waals surface area contributed by atoms with Crippen molar-refractivity contribution in [3.63, 3.8) is 0 Å². The van der Waals surface area contributed by atoms with Crippen molar-refractivity contribution in [2.75, 3.05) is 12.9 Å². The number of fused-ring (bicyclic) bond motifs is 1. The van der Waals surface area contributed by atoms with Gasteiger partial charge in [-0.25, -0.2) is 13.1 Å². The van der Waals surface area contributed by atoms with Crippen molar-refractivity contribution in [1.82, 2.24) is 4.72 Å². The van der Waals surface area contributed by atoms with Crippen LogP contribution in [-0.4, -0.2) is 41.3 Å². The normalized spacial score (nSPS) is 17.4. The number of hydrogen-bond donors (Lipinski definition) is 1. The van der Waals surface area contributed by atoms with Crippen LogP contribution in [0.25, 0.3) is 0 Å². The molecule has 1 atom stereocenters. The summed E-state index contributed by atoms with van der Waals surface area (Å²) in [5.41, 5.74) is 2.91. The molecule has 1 aliphatic rings. The van der Waals surface area contributed by atoms with E-state index in [1.165, 1.54) is 6.08 Å². The van der Waals surface area contributed by atoms with Gasteiger partial charge < -0.3 is 4.74 Å². The van der Waals surface area contributed by atoms with Gasteiger partial charge in [0.25, 0.3) is 10.1 Å². The molecule has 0 radical (unpaired) electrons. The fraction of sp³-hybridized carbons (Fsp3) is 0.652. The summed E-state index contributed by atoms with van der Waals surface area (Å²) in [6.45, 7) is 13.5. The lowest BCUT2D eigenvalue weighted by Crippen LogP contribution is -2.37. The molecule has 7 nitrogen and oxygen atoms in total. The molecular weight excluding hydrogens is 450 g/mol. The predicted molar refractivity (Wildman–Crippen MR) is 127 cm³/mol. The second kappa shape index (κ2) is 9.83. The van der Waals surface area contributed by atoms with E-state index in [0.717, 1.165) is 41.5 Å². The van der Waals surface area contributed by atoms with Gasteiger partial charge in [-0.05, 0) is 82.1 Å². The highest BCUT2D eigenvalue weighted by Gasteiger charge is 2.34. The van der Waals surface area contributed by atoms with Gasteiger partial charge in [0.15, 0.2) is 0 Å². The minimum atomic E-state index is -3.83. The van der Waals surface area contributed by atoms with Crippen LogP contribution >= 0.6 is 0 Å². The van der Waals surface area contributed by atoms with Crippen LogP contribution in [-0.2, 0) is 30.7 Å². The molecule has 1 heterocycles. The first-order valence-electron chi connectivity index (χ1n) is 10.9. The van der Waals surface area contributed by atoms with Crippen LogP contribution in [0, 0.1) is 26.7 Å².